The first-order valence-electron chi connectivity index (χ1n) is 10.8. The number of benzene rings is 3. The summed E-state index contributed by atoms with van der Waals surface area (Å²) in [5, 5.41) is 7.41. The number of hydrogen-bond donors (Lipinski definition) is 1. The molecule has 0 atom stereocenters. The summed E-state index contributed by atoms with van der Waals surface area (Å²) in [5.41, 5.74) is 2.39. The Morgan fingerprint density at radius 2 is 1.82 bits per heavy atom. The van der Waals surface area contributed by atoms with E-state index < -0.39 is 0 Å². The van der Waals surface area contributed by atoms with Gasteiger partial charge in [-0.05, 0) is 66.6 Å². The SMILES string of the molecule is COc1cccc(C(=O)Nc2cccc(-n3nc(OCC(C)C)nc3-c3ccc(F)cc3)c2)c1. The standard InChI is InChI=1S/C26H25FN4O3/c1-17(2)16-34-26-29-24(18-10-12-20(27)13-11-18)31(30-26)22-8-5-7-21(15-22)28-25(32)19-6-4-9-23(14-19)33-3/h4-15,17H,16H2,1-3H3,(H,28,32). The fourth-order valence-electron chi connectivity index (χ4n) is 3.24. The van der Waals surface area contributed by atoms with Crippen LogP contribution in [0.25, 0.3) is 17.1 Å². The second-order valence-corrected chi connectivity index (χ2v) is 8.08. The molecule has 0 saturated carbocycles. The zero-order chi connectivity index (χ0) is 24.1. The van der Waals surface area contributed by atoms with Gasteiger partial charge in [0.25, 0.3) is 5.91 Å². The number of carbonyl (C=O) groups excluding carboxylic acids is 1. The molecule has 3 aromatic carbocycles. The Labute approximate surface area is 197 Å². The van der Waals surface area contributed by atoms with Gasteiger partial charge in [0.1, 0.15) is 11.6 Å². The van der Waals surface area contributed by atoms with Crippen molar-refractivity contribution in [1.82, 2.24) is 14.8 Å². The van der Waals surface area contributed by atoms with Crippen molar-refractivity contribution in [2.45, 2.75) is 13.8 Å². The number of methoxy groups -OCH3 is 1. The molecule has 0 saturated heterocycles. The summed E-state index contributed by atoms with van der Waals surface area (Å²) >= 11 is 0. The van der Waals surface area contributed by atoms with E-state index in [1.54, 1.807) is 66.4 Å². The first-order chi connectivity index (χ1) is 16.4. The number of hydrogen-bond acceptors (Lipinski definition) is 5. The minimum Gasteiger partial charge on any atom is -0.497 e. The molecule has 8 heteroatoms. The van der Waals surface area contributed by atoms with Crippen molar-refractivity contribution in [3.05, 3.63) is 84.2 Å². The van der Waals surface area contributed by atoms with Crippen LogP contribution in [0, 0.1) is 11.7 Å². The Kier molecular flexibility index (Phi) is 6.87. The quantitative estimate of drug-likeness (QED) is 0.383. The molecule has 174 valence electrons. The number of ether oxygens (including phenoxy) is 2. The summed E-state index contributed by atoms with van der Waals surface area (Å²) in [7, 11) is 1.55. The number of nitrogens with one attached hydrogen (secondary N) is 1. The highest BCUT2D eigenvalue weighted by Gasteiger charge is 2.16. The molecule has 0 unspecified atom stereocenters. The zero-order valence-corrected chi connectivity index (χ0v) is 19.2. The number of carbonyl (C=O) groups is 1. The van der Waals surface area contributed by atoms with Crippen molar-refractivity contribution < 1.29 is 18.7 Å². The number of nitrogens with zero attached hydrogens (tertiary/aromatic N) is 3. The van der Waals surface area contributed by atoms with Crippen LogP contribution in [-0.4, -0.2) is 34.4 Å². The summed E-state index contributed by atoms with van der Waals surface area (Å²) < 4.78 is 26.0. The van der Waals surface area contributed by atoms with Gasteiger partial charge in [-0.15, -0.1) is 5.10 Å². The molecule has 7 nitrogen and oxygen atoms in total. The number of rotatable bonds is 8. The van der Waals surface area contributed by atoms with Crippen molar-refractivity contribution >= 4 is 11.6 Å². The van der Waals surface area contributed by atoms with E-state index in [4.69, 9.17) is 9.47 Å². The molecule has 1 N–H and O–H groups in total. The molecule has 0 aliphatic heterocycles. The van der Waals surface area contributed by atoms with Gasteiger partial charge in [-0.1, -0.05) is 26.0 Å². The average molecular weight is 461 g/mol. The van der Waals surface area contributed by atoms with Gasteiger partial charge in [0.2, 0.25) is 0 Å². The predicted molar refractivity (Wildman–Crippen MR) is 128 cm³/mol. The van der Waals surface area contributed by atoms with Crippen LogP contribution >= 0.6 is 0 Å². The van der Waals surface area contributed by atoms with E-state index in [9.17, 15) is 9.18 Å². The Bertz CT molecular complexity index is 1290. The highest BCUT2D eigenvalue weighted by molar-refractivity contribution is 6.04. The molecule has 0 radical (unpaired) electrons. The van der Waals surface area contributed by atoms with Crippen LogP contribution in [0.15, 0.2) is 72.8 Å². The number of anilines is 1. The maximum absolute atomic E-state index is 13.5. The summed E-state index contributed by atoms with van der Waals surface area (Å²) in [5.74, 6) is 0.788. The lowest BCUT2D eigenvalue weighted by molar-refractivity contribution is 0.102. The van der Waals surface area contributed by atoms with Crippen LogP contribution in [0.5, 0.6) is 11.8 Å². The van der Waals surface area contributed by atoms with Gasteiger partial charge < -0.3 is 14.8 Å². The largest absolute Gasteiger partial charge is 0.497 e. The van der Waals surface area contributed by atoms with Crippen LogP contribution in [0.2, 0.25) is 0 Å². The van der Waals surface area contributed by atoms with E-state index in [0.717, 1.165) is 0 Å². The summed E-state index contributed by atoms with van der Waals surface area (Å²) in [6, 6.07) is 20.4. The molecule has 1 aromatic heterocycles. The third-order valence-electron chi connectivity index (χ3n) is 4.92. The van der Waals surface area contributed by atoms with Crippen LogP contribution in [-0.2, 0) is 0 Å². The Hall–Kier alpha value is -4.20. The Morgan fingerprint density at radius 1 is 1.06 bits per heavy atom. The lowest BCUT2D eigenvalue weighted by Crippen LogP contribution is -2.12. The van der Waals surface area contributed by atoms with Crippen LogP contribution in [0.1, 0.15) is 24.2 Å². The molecule has 0 aliphatic carbocycles. The highest BCUT2D eigenvalue weighted by Crippen LogP contribution is 2.26. The van der Waals surface area contributed by atoms with Gasteiger partial charge in [0, 0.05) is 16.8 Å². The number of aromatic nitrogens is 3. The van der Waals surface area contributed by atoms with Crippen molar-refractivity contribution in [2.75, 3.05) is 19.0 Å². The van der Waals surface area contributed by atoms with Crippen molar-refractivity contribution in [2.24, 2.45) is 5.92 Å². The Balaban J connectivity index is 1.66. The predicted octanol–water partition coefficient (Wildman–Crippen LogP) is 5.37. The lowest BCUT2D eigenvalue weighted by Gasteiger charge is -2.10. The topological polar surface area (TPSA) is 78.3 Å². The molecule has 4 rings (SSSR count). The zero-order valence-electron chi connectivity index (χ0n) is 19.2. The molecular weight excluding hydrogens is 435 g/mol. The van der Waals surface area contributed by atoms with E-state index in [2.05, 4.69) is 15.4 Å². The smallest absolute Gasteiger partial charge is 0.336 e. The van der Waals surface area contributed by atoms with Gasteiger partial charge in [-0.2, -0.15) is 4.98 Å². The molecule has 1 amide bonds. The second kappa shape index (κ2) is 10.2. The normalized spacial score (nSPS) is 10.9. The van der Waals surface area contributed by atoms with Gasteiger partial charge in [0.05, 0.1) is 19.4 Å². The van der Waals surface area contributed by atoms with Gasteiger partial charge in [0.15, 0.2) is 5.82 Å². The third kappa shape index (κ3) is 5.40. The third-order valence-corrected chi connectivity index (χ3v) is 4.92. The fraction of sp³-hybridized carbons (Fsp3) is 0.192. The Morgan fingerprint density at radius 3 is 2.56 bits per heavy atom. The van der Waals surface area contributed by atoms with Gasteiger partial charge in [-0.25, -0.2) is 9.07 Å². The van der Waals surface area contributed by atoms with Crippen LogP contribution in [0.4, 0.5) is 10.1 Å². The molecular formula is C26H25FN4O3. The monoisotopic (exact) mass is 460 g/mol. The van der Waals surface area contributed by atoms with E-state index in [1.807, 2.05) is 19.9 Å². The molecule has 0 bridgehead atoms. The van der Waals surface area contributed by atoms with E-state index in [0.29, 0.717) is 46.6 Å². The fourth-order valence-corrected chi connectivity index (χ4v) is 3.24. The van der Waals surface area contributed by atoms with Crippen molar-refractivity contribution in [3.8, 4) is 28.8 Å². The molecule has 0 fully saturated rings. The van der Waals surface area contributed by atoms with E-state index >= 15 is 0 Å². The maximum atomic E-state index is 13.5. The molecule has 0 aliphatic rings. The minimum absolute atomic E-state index is 0.221. The molecule has 0 spiro atoms. The molecule has 4 aromatic rings. The van der Waals surface area contributed by atoms with Crippen molar-refractivity contribution in [3.63, 3.8) is 0 Å². The summed E-state index contributed by atoms with van der Waals surface area (Å²) in [4.78, 5) is 17.3. The second-order valence-electron chi connectivity index (χ2n) is 8.08. The lowest BCUT2D eigenvalue weighted by atomic mass is 10.2. The first kappa shape index (κ1) is 23.0. The summed E-state index contributed by atoms with van der Waals surface area (Å²) in [6.07, 6.45) is 0. The minimum atomic E-state index is -0.339. The highest BCUT2D eigenvalue weighted by atomic mass is 19.1. The number of amides is 1. The molecule has 1 heterocycles. The number of halogens is 1. The van der Waals surface area contributed by atoms with Crippen molar-refractivity contribution in [1.29, 1.82) is 0 Å². The van der Waals surface area contributed by atoms with Crippen LogP contribution < -0.4 is 14.8 Å². The van der Waals surface area contributed by atoms with Crippen LogP contribution in [0.3, 0.4) is 0 Å². The van der Waals surface area contributed by atoms with E-state index in [-0.39, 0.29) is 17.7 Å². The van der Waals surface area contributed by atoms with Gasteiger partial charge in [-0.3, -0.25) is 4.79 Å². The maximum Gasteiger partial charge on any atom is 0.336 e. The van der Waals surface area contributed by atoms with E-state index in [1.165, 1.54) is 12.1 Å². The molecule has 34 heavy (non-hydrogen) atoms. The average Bonchev–Trinajstić information content (AvgIpc) is 3.28. The summed E-state index contributed by atoms with van der Waals surface area (Å²) in [6.45, 7) is 4.53. The van der Waals surface area contributed by atoms with Gasteiger partial charge >= 0.3 is 6.01 Å². The first-order valence-corrected chi connectivity index (χ1v) is 10.8.